The van der Waals surface area contributed by atoms with E-state index in [4.69, 9.17) is 0 Å². The molecule has 0 bridgehead atoms. The van der Waals surface area contributed by atoms with Gasteiger partial charge >= 0.3 is 0 Å². The van der Waals surface area contributed by atoms with Gasteiger partial charge in [-0.25, -0.2) is 4.39 Å². The van der Waals surface area contributed by atoms with Gasteiger partial charge in [-0.2, -0.15) is 0 Å². The number of fused-ring (bicyclic) bond motifs is 2. The van der Waals surface area contributed by atoms with Crippen molar-refractivity contribution in [2.45, 2.75) is 6.92 Å². The number of nitrogens with one attached hydrogen (secondary N) is 1. The lowest BCUT2D eigenvalue weighted by Gasteiger charge is -2.17. The lowest BCUT2D eigenvalue weighted by Crippen LogP contribution is -2.31. The van der Waals surface area contributed by atoms with Crippen molar-refractivity contribution in [1.29, 1.82) is 0 Å². The Labute approximate surface area is 126 Å². The number of carbonyl (C=O) groups is 1. The molecule has 21 heavy (non-hydrogen) atoms. The Balaban J connectivity index is 1.67. The van der Waals surface area contributed by atoms with Crippen LogP contribution < -0.4 is 5.32 Å². The van der Waals surface area contributed by atoms with Gasteiger partial charge in [0.05, 0.1) is 4.88 Å². The molecule has 2 saturated heterocycles. The predicted octanol–water partition coefficient (Wildman–Crippen LogP) is 2.64. The molecule has 3 nitrogen and oxygen atoms in total. The molecule has 5 heteroatoms. The first kappa shape index (κ1) is 13.2. The molecule has 3 heterocycles. The van der Waals surface area contributed by atoms with Crippen LogP contribution in [0.5, 0.6) is 0 Å². The molecule has 2 aliphatic heterocycles. The van der Waals surface area contributed by atoms with Gasteiger partial charge in [0.1, 0.15) is 5.82 Å². The van der Waals surface area contributed by atoms with E-state index >= 15 is 0 Å². The third-order valence-electron chi connectivity index (χ3n) is 4.77. The Hall–Kier alpha value is -1.46. The van der Waals surface area contributed by atoms with Crippen LogP contribution in [-0.4, -0.2) is 37.0 Å². The molecule has 0 radical (unpaired) electrons. The number of thiophene rings is 1. The van der Waals surface area contributed by atoms with Crippen molar-refractivity contribution in [3.63, 3.8) is 0 Å². The summed E-state index contributed by atoms with van der Waals surface area (Å²) in [6.45, 7) is 5.65. The van der Waals surface area contributed by atoms with Crippen molar-refractivity contribution in [3.05, 3.63) is 34.5 Å². The predicted molar refractivity (Wildman–Crippen MR) is 82.3 cm³/mol. The molecule has 1 amide bonds. The third-order valence-corrected chi connectivity index (χ3v) is 6.03. The Bertz CT molecular complexity index is 714. The van der Waals surface area contributed by atoms with Gasteiger partial charge in [0.2, 0.25) is 0 Å². The van der Waals surface area contributed by atoms with Gasteiger partial charge in [0.15, 0.2) is 0 Å². The summed E-state index contributed by atoms with van der Waals surface area (Å²) in [6, 6.07) is 4.75. The highest BCUT2D eigenvalue weighted by Gasteiger charge is 2.38. The number of aryl methyl sites for hydroxylation is 1. The fourth-order valence-electron chi connectivity index (χ4n) is 3.56. The quantitative estimate of drug-likeness (QED) is 0.878. The molecule has 2 atom stereocenters. The summed E-state index contributed by atoms with van der Waals surface area (Å²) in [5.41, 5.74) is 0.912. The summed E-state index contributed by atoms with van der Waals surface area (Å²) in [7, 11) is 0. The number of hydrogen-bond donors (Lipinski definition) is 1. The maximum Gasteiger partial charge on any atom is 0.264 e. The van der Waals surface area contributed by atoms with Crippen molar-refractivity contribution in [2.24, 2.45) is 11.8 Å². The molecule has 0 saturated carbocycles. The topological polar surface area (TPSA) is 32.3 Å². The van der Waals surface area contributed by atoms with Crippen LogP contribution in [0.2, 0.25) is 0 Å². The number of amides is 1. The van der Waals surface area contributed by atoms with Crippen LogP contribution in [0.25, 0.3) is 10.1 Å². The molecule has 1 aromatic carbocycles. The Morgan fingerprint density at radius 1 is 1.33 bits per heavy atom. The monoisotopic (exact) mass is 304 g/mol. The van der Waals surface area contributed by atoms with E-state index in [1.807, 2.05) is 11.8 Å². The van der Waals surface area contributed by atoms with E-state index in [0.29, 0.717) is 11.8 Å². The van der Waals surface area contributed by atoms with Crippen molar-refractivity contribution in [1.82, 2.24) is 10.2 Å². The Morgan fingerprint density at radius 3 is 2.76 bits per heavy atom. The van der Waals surface area contributed by atoms with Gasteiger partial charge in [-0.3, -0.25) is 4.79 Å². The minimum absolute atomic E-state index is 0.114. The molecule has 110 valence electrons. The SMILES string of the molecule is Cc1c(C(=O)N2C[C@H]3CNC[C@H]3C2)sc2ccc(F)cc12. The van der Waals surface area contributed by atoms with Crippen LogP contribution in [0.4, 0.5) is 4.39 Å². The van der Waals surface area contributed by atoms with Gasteiger partial charge in [0, 0.05) is 30.9 Å². The first-order valence-electron chi connectivity index (χ1n) is 7.32. The zero-order valence-corrected chi connectivity index (χ0v) is 12.7. The second kappa shape index (κ2) is 4.78. The average Bonchev–Trinajstić information content (AvgIpc) is 3.12. The smallest absolute Gasteiger partial charge is 0.264 e. The maximum atomic E-state index is 13.4. The van der Waals surface area contributed by atoms with E-state index < -0.39 is 0 Å². The molecule has 2 aliphatic rings. The van der Waals surface area contributed by atoms with Gasteiger partial charge in [-0.1, -0.05) is 0 Å². The van der Waals surface area contributed by atoms with Crippen LogP contribution in [0.1, 0.15) is 15.2 Å². The first-order chi connectivity index (χ1) is 10.1. The molecular formula is C16H17FN2OS. The number of rotatable bonds is 1. The summed E-state index contributed by atoms with van der Waals surface area (Å²) in [5.74, 6) is 1.06. The summed E-state index contributed by atoms with van der Waals surface area (Å²) >= 11 is 1.48. The molecule has 1 N–H and O–H groups in total. The van der Waals surface area contributed by atoms with Gasteiger partial charge < -0.3 is 10.2 Å². The maximum absolute atomic E-state index is 13.4. The van der Waals surface area contributed by atoms with E-state index in [-0.39, 0.29) is 11.7 Å². The molecule has 2 aromatic rings. The van der Waals surface area contributed by atoms with Crippen molar-refractivity contribution in [2.75, 3.05) is 26.2 Å². The van der Waals surface area contributed by atoms with Gasteiger partial charge in [0.25, 0.3) is 5.91 Å². The van der Waals surface area contributed by atoms with Crippen molar-refractivity contribution in [3.8, 4) is 0 Å². The highest BCUT2D eigenvalue weighted by Crippen LogP contribution is 2.34. The summed E-state index contributed by atoms with van der Waals surface area (Å²) < 4.78 is 14.4. The number of likely N-dealkylation sites (tertiary alicyclic amines) is 1. The molecule has 4 rings (SSSR count). The lowest BCUT2D eigenvalue weighted by molar-refractivity contribution is 0.0786. The van der Waals surface area contributed by atoms with Gasteiger partial charge in [-0.05, 0) is 47.9 Å². The van der Waals surface area contributed by atoms with E-state index in [9.17, 15) is 9.18 Å². The second-order valence-electron chi connectivity index (χ2n) is 6.09. The second-order valence-corrected chi connectivity index (χ2v) is 7.14. The molecule has 0 unspecified atom stereocenters. The van der Waals surface area contributed by atoms with Crippen LogP contribution in [0.3, 0.4) is 0 Å². The van der Waals surface area contributed by atoms with Crippen LogP contribution in [0, 0.1) is 24.6 Å². The number of hydrogen-bond acceptors (Lipinski definition) is 3. The van der Waals surface area contributed by atoms with Crippen molar-refractivity contribution < 1.29 is 9.18 Å². The Kier molecular flexibility index (Phi) is 3.01. The van der Waals surface area contributed by atoms with Crippen LogP contribution in [0.15, 0.2) is 18.2 Å². The minimum atomic E-state index is -0.246. The normalized spacial score (nSPS) is 24.8. The van der Waals surface area contributed by atoms with E-state index in [1.54, 1.807) is 6.07 Å². The minimum Gasteiger partial charge on any atom is -0.337 e. The lowest BCUT2D eigenvalue weighted by atomic mass is 10.0. The zero-order valence-electron chi connectivity index (χ0n) is 11.9. The van der Waals surface area contributed by atoms with Crippen molar-refractivity contribution >= 4 is 27.3 Å². The fraction of sp³-hybridized carbons (Fsp3) is 0.438. The number of halogens is 1. The third kappa shape index (κ3) is 2.07. The summed E-state index contributed by atoms with van der Waals surface area (Å²) in [5, 5.41) is 4.25. The molecular weight excluding hydrogens is 287 g/mol. The molecule has 1 aromatic heterocycles. The van der Waals surface area contributed by atoms with E-state index in [1.165, 1.54) is 23.5 Å². The molecule has 0 spiro atoms. The molecule has 0 aliphatic carbocycles. The largest absolute Gasteiger partial charge is 0.337 e. The fourth-order valence-corrected chi connectivity index (χ4v) is 4.72. The number of nitrogens with zero attached hydrogens (tertiary/aromatic N) is 1. The highest BCUT2D eigenvalue weighted by molar-refractivity contribution is 7.21. The Morgan fingerprint density at radius 2 is 2.05 bits per heavy atom. The average molecular weight is 304 g/mol. The standard InChI is InChI=1S/C16H17FN2OS/c1-9-13-4-12(17)2-3-14(13)21-15(9)16(20)19-7-10-5-18-6-11(10)8-19/h2-4,10-11,18H,5-8H2,1H3/t10-,11+. The van der Waals surface area contributed by atoms with E-state index in [0.717, 1.165) is 46.7 Å². The summed E-state index contributed by atoms with van der Waals surface area (Å²) in [4.78, 5) is 15.5. The first-order valence-corrected chi connectivity index (χ1v) is 8.14. The van der Waals surface area contributed by atoms with Gasteiger partial charge in [-0.15, -0.1) is 11.3 Å². The van der Waals surface area contributed by atoms with Crippen LogP contribution in [-0.2, 0) is 0 Å². The zero-order chi connectivity index (χ0) is 14.6. The van der Waals surface area contributed by atoms with E-state index in [2.05, 4.69) is 5.32 Å². The number of benzene rings is 1. The highest BCUT2D eigenvalue weighted by atomic mass is 32.1. The summed E-state index contributed by atoms with van der Waals surface area (Å²) in [6.07, 6.45) is 0. The number of carbonyl (C=O) groups excluding carboxylic acids is 1. The van der Waals surface area contributed by atoms with Crippen LogP contribution >= 0.6 is 11.3 Å². The molecule has 2 fully saturated rings.